The van der Waals surface area contributed by atoms with Crippen LogP contribution in [0.15, 0.2) is 28.7 Å². The predicted molar refractivity (Wildman–Crippen MR) is 96.8 cm³/mol. The number of carbonyl (C=O) groups is 2. The van der Waals surface area contributed by atoms with Crippen molar-refractivity contribution in [3.63, 3.8) is 0 Å². The molecule has 0 saturated heterocycles. The fourth-order valence-electron chi connectivity index (χ4n) is 2.66. The van der Waals surface area contributed by atoms with Crippen LogP contribution in [0.2, 0.25) is 0 Å². The maximum absolute atomic E-state index is 12.9. The monoisotopic (exact) mass is 387 g/mol. The molecule has 0 fully saturated rings. The Balaban J connectivity index is 1.74. The minimum absolute atomic E-state index is 0.0227. The smallest absolute Gasteiger partial charge is 0.342 e. The van der Waals surface area contributed by atoms with E-state index in [-0.39, 0.29) is 53.8 Å². The number of hydrogen-bond acceptors (Lipinski definition) is 8. The largest absolute Gasteiger partial charge is 0.462 e. The lowest BCUT2D eigenvalue weighted by atomic mass is 10.1. The summed E-state index contributed by atoms with van der Waals surface area (Å²) < 4.78 is 28.5. The van der Waals surface area contributed by atoms with Gasteiger partial charge in [0.1, 0.15) is 23.0 Å². The number of anilines is 1. The van der Waals surface area contributed by atoms with E-state index < -0.39 is 11.9 Å². The van der Waals surface area contributed by atoms with Crippen molar-refractivity contribution in [1.82, 2.24) is 9.97 Å². The zero-order chi connectivity index (χ0) is 20.3. The molecule has 0 spiro atoms. The van der Waals surface area contributed by atoms with Crippen molar-refractivity contribution in [3.8, 4) is 0 Å². The summed E-state index contributed by atoms with van der Waals surface area (Å²) in [5.74, 6) is -1.04. The second-order valence-corrected chi connectivity index (χ2v) is 5.92. The zero-order valence-electron chi connectivity index (χ0n) is 15.3. The van der Waals surface area contributed by atoms with Crippen LogP contribution in [-0.2, 0) is 27.3 Å². The Morgan fingerprint density at radius 2 is 1.89 bits per heavy atom. The lowest BCUT2D eigenvalue weighted by Crippen LogP contribution is -2.11. The van der Waals surface area contributed by atoms with Crippen LogP contribution in [0.3, 0.4) is 0 Å². The van der Waals surface area contributed by atoms with Gasteiger partial charge in [0.25, 0.3) is 0 Å². The molecule has 0 aliphatic rings. The number of esters is 2. The van der Waals surface area contributed by atoms with Crippen molar-refractivity contribution in [2.75, 3.05) is 12.3 Å². The molecule has 0 aliphatic heterocycles. The average Bonchev–Trinajstić information content (AvgIpc) is 2.98. The van der Waals surface area contributed by atoms with Crippen LogP contribution in [0, 0.1) is 12.7 Å². The molecule has 8 nitrogen and oxygen atoms in total. The van der Waals surface area contributed by atoms with Crippen molar-refractivity contribution in [2.24, 2.45) is 0 Å². The Hall–Kier alpha value is -3.49. The van der Waals surface area contributed by atoms with Gasteiger partial charge in [0, 0.05) is 0 Å². The van der Waals surface area contributed by atoms with E-state index >= 15 is 0 Å². The SMILES string of the molecule is CCOC(=O)c1c(C)oc2nc(COC(=O)Cc3ccc(F)cc3)nc(N)c12. The topological polar surface area (TPSA) is 118 Å². The van der Waals surface area contributed by atoms with Crippen molar-refractivity contribution < 1.29 is 27.9 Å². The highest BCUT2D eigenvalue weighted by Crippen LogP contribution is 2.29. The maximum Gasteiger partial charge on any atom is 0.342 e. The number of nitrogen functional groups attached to an aromatic ring is 1. The summed E-state index contributed by atoms with van der Waals surface area (Å²) in [6, 6.07) is 5.53. The summed E-state index contributed by atoms with van der Waals surface area (Å²) >= 11 is 0. The van der Waals surface area contributed by atoms with Gasteiger partial charge in [-0.1, -0.05) is 12.1 Å². The Morgan fingerprint density at radius 3 is 2.57 bits per heavy atom. The van der Waals surface area contributed by atoms with Gasteiger partial charge in [0.15, 0.2) is 12.4 Å². The number of nitrogens with zero attached hydrogens (tertiary/aromatic N) is 2. The second kappa shape index (κ2) is 8.03. The van der Waals surface area contributed by atoms with Gasteiger partial charge >= 0.3 is 11.9 Å². The Kier molecular flexibility index (Phi) is 5.53. The van der Waals surface area contributed by atoms with Crippen LogP contribution in [0.4, 0.5) is 10.2 Å². The fraction of sp³-hybridized carbons (Fsp3) is 0.263. The molecule has 1 aromatic carbocycles. The van der Waals surface area contributed by atoms with E-state index in [2.05, 4.69) is 9.97 Å². The molecule has 146 valence electrons. The molecule has 2 heterocycles. The molecule has 9 heteroatoms. The molecule has 0 aliphatic carbocycles. The van der Waals surface area contributed by atoms with Gasteiger partial charge in [0.2, 0.25) is 5.71 Å². The van der Waals surface area contributed by atoms with Gasteiger partial charge in [-0.3, -0.25) is 4.79 Å². The number of fused-ring (bicyclic) bond motifs is 1. The number of furan rings is 1. The molecule has 0 radical (unpaired) electrons. The number of ether oxygens (including phenoxy) is 2. The van der Waals surface area contributed by atoms with Crippen molar-refractivity contribution in [3.05, 3.63) is 52.8 Å². The first-order chi connectivity index (χ1) is 13.4. The van der Waals surface area contributed by atoms with Crippen LogP contribution in [0.1, 0.15) is 34.4 Å². The lowest BCUT2D eigenvalue weighted by Gasteiger charge is -2.06. The number of nitrogens with two attached hydrogens (primary N) is 1. The molecule has 0 bridgehead atoms. The quantitative estimate of drug-likeness (QED) is 0.642. The number of halogens is 1. The van der Waals surface area contributed by atoms with E-state index in [4.69, 9.17) is 19.6 Å². The number of hydrogen-bond donors (Lipinski definition) is 1. The van der Waals surface area contributed by atoms with Gasteiger partial charge in [0.05, 0.1) is 18.4 Å². The van der Waals surface area contributed by atoms with Crippen LogP contribution in [0.5, 0.6) is 0 Å². The minimum Gasteiger partial charge on any atom is -0.462 e. The van der Waals surface area contributed by atoms with E-state index in [1.165, 1.54) is 24.3 Å². The molecular formula is C19H18FN3O5. The molecule has 3 aromatic rings. The standard InChI is InChI=1S/C19H18FN3O5/c1-3-26-19(25)15-10(2)28-18-16(15)17(21)22-13(23-18)9-27-14(24)8-11-4-6-12(20)7-5-11/h4-7H,3,8-9H2,1-2H3,(H2,21,22,23). The molecule has 0 unspecified atom stereocenters. The average molecular weight is 387 g/mol. The zero-order valence-corrected chi connectivity index (χ0v) is 15.3. The molecule has 0 amide bonds. The summed E-state index contributed by atoms with van der Waals surface area (Å²) in [5, 5.41) is 0.261. The third kappa shape index (κ3) is 4.08. The van der Waals surface area contributed by atoms with Gasteiger partial charge in [-0.2, -0.15) is 4.98 Å². The normalized spacial score (nSPS) is 10.8. The fourth-order valence-corrected chi connectivity index (χ4v) is 2.66. The number of aryl methyl sites for hydroxylation is 1. The minimum atomic E-state index is -0.576. The van der Waals surface area contributed by atoms with Crippen LogP contribution in [0.25, 0.3) is 11.1 Å². The van der Waals surface area contributed by atoms with E-state index in [1.54, 1.807) is 13.8 Å². The van der Waals surface area contributed by atoms with E-state index in [0.29, 0.717) is 11.3 Å². The highest BCUT2D eigenvalue weighted by atomic mass is 19.1. The Morgan fingerprint density at radius 1 is 1.18 bits per heavy atom. The first-order valence-electron chi connectivity index (χ1n) is 8.51. The molecular weight excluding hydrogens is 369 g/mol. The molecule has 28 heavy (non-hydrogen) atoms. The number of carbonyl (C=O) groups excluding carboxylic acids is 2. The summed E-state index contributed by atoms with van der Waals surface area (Å²) in [6.45, 7) is 3.26. The van der Waals surface area contributed by atoms with Gasteiger partial charge in [-0.15, -0.1) is 0 Å². The Labute approximate surface area is 159 Å². The molecule has 2 N–H and O–H groups in total. The molecule has 0 saturated carbocycles. The van der Waals surface area contributed by atoms with Gasteiger partial charge in [-0.05, 0) is 31.5 Å². The first-order valence-corrected chi connectivity index (χ1v) is 8.51. The summed E-state index contributed by atoms with van der Waals surface area (Å²) in [5.41, 5.74) is 6.85. The Bertz CT molecular complexity index is 1030. The van der Waals surface area contributed by atoms with Crippen LogP contribution >= 0.6 is 0 Å². The van der Waals surface area contributed by atoms with Crippen molar-refractivity contribution in [1.29, 1.82) is 0 Å². The summed E-state index contributed by atoms with van der Waals surface area (Å²) in [4.78, 5) is 32.3. The van der Waals surface area contributed by atoms with Gasteiger partial charge in [-0.25, -0.2) is 14.2 Å². The number of benzene rings is 1. The number of rotatable bonds is 6. The predicted octanol–water partition coefficient (Wildman–Crippen LogP) is 2.72. The summed E-state index contributed by atoms with van der Waals surface area (Å²) in [7, 11) is 0. The third-order valence-electron chi connectivity index (χ3n) is 3.91. The lowest BCUT2D eigenvalue weighted by molar-refractivity contribution is -0.144. The molecule has 3 rings (SSSR count). The van der Waals surface area contributed by atoms with Crippen molar-refractivity contribution >= 4 is 28.9 Å². The van der Waals surface area contributed by atoms with Gasteiger partial charge < -0.3 is 19.6 Å². The molecule has 0 atom stereocenters. The number of aromatic nitrogens is 2. The highest BCUT2D eigenvalue weighted by Gasteiger charge is 2.24. The summed E-state index contributed by atoms with van der Waals surface area (Å²) in [6.07, 6.45) is -0.0229. The van der Waals surface area contributed by atoms with Crippen LogP contribution in [-0.4, -0.2) is 28.5 Å². The second-order valence-electron chi connectivity index (χ2n) is 5.92. The maximum atomic E-state index is 12.9. The van der Waals surface area contributed by atoms with E-state index in [1.807, 2.05) is 0 Å². The van der Waals surface area contributed by atoms with E-state index in [9.17, 15) is 14.0 Å². The highest BCUT2D eigenvalue weighted by molar-refractivity contribution is 6.07. The third-order valence-corrected chi connectivity index (χ3v) is 3.91. The first kappa shape index (κ1) is 19.3. The van der Waals surface area contributed by atoms with E-state index in [0.717, 1.165) is 0 Å². The van der Waals surface area contributed by atoms with Crippen LogP contribution < -0.4 is 5.73 Å². The molecule has 2 aromatic heterocycles. The van der Waals surface area contributed by atoms with Crippen molar-refractivity contribution in [2.45, 2.75) is 26.9 Å².